The number of aryl methyl sites for hydroxylation is 3. The highest BCUT2D eigenvalue weighted by atomic mass is 14.4. The van der Waals surface area contributed by atoms with Crippen molar-refractivity contribution in [3.05, 3.63) is 418 Å². The maximum atomic E-state index is 9.35. The van der Waals surface area contributed by atoms with Crippen LogP contribution in [-0.4, -0.2) is 0 Å². The molecular weight excluding hydrogens is 1370 g/mol. The molecule has 0 unspecified atom stereocenters. The molecule has 18 aromatic carbocycles. The molecule has 0 aliphatic heterocycles. The first-order valence-electron chi connectivity index (χ1n) is 39.9. The predicted octanol–water partition coefficient (Wildman–Crippen LogP) is 29.9. The molecule has 0 saturated carbocycles. The normalized spacial score (nSPS) is 13.4. The van der Waals surface area contributed by atoms with Gasteiger partial charge in [0.05, 0.1) is 11.6 Å². The number of fused-ring (bicyclic) bond motifs is 15. The largest absolute Gasteiger partial charge is 0.192 e. The molecule has 0 radical (unpaired) electrons. The smallest absolute Gasteiger partial charge is 0.0991 e. The standard InChI is InChI=1S/C38H30.C38H28.C37H27N/c2*1-25-17-20-30-29(21-18-26-11-5-4-6-12-26)28-13-7-8-15-32(28)37(34(30)23-25)27-19-22-36-33(24-27)31-14-9-10-16-35(31)38(36,2)3;1-23-12-18-30-32(20-23)36(26-17-19-34-31(21-26)27-8-6-7-11-33(27)37(34,2)3)29-10-5-4-9-28(29)35(30)25-15-13-24(22-38)14-16-25/h4-24H,1-3H3;4-17,19-20,22-24H,1-3H3;4-21H,1-3H3/b21-18+;;. The van der Waals surface area contributed by atoms with Gasteiger partial charge in [-0.3, -0.25) is 0 Å². The summed E-state index contributed by atoms with van der Waals surface area (Å²) >= 11 is 0. The number of hydrogen-bond acceptors (Lipinski definition) is 1. The average Bonchev–Trinajstić information content (AvgIpc) is 1.34. The highest BCUT2D eigenvalue weighted by Crippen LogP contribution is 2.55. The monoisotopic (exact) mass is 1460 g/mol. The second kappa shape index (κ2) is 28.0. The van der Waals surface area contributed by atoms with E-state index in [1.54, 1.807) is 0 Å². The molecule has 1 heteroatoms. The Balaban J connectivity index is 0.000000115. The summed E-state index contributed by atoms with van der Waals surface area (Å²) in [6.07, 6.45) is 4.52. The quantitative estimate of drug-likeness (QED) is 0.0925. The zero-order valence-corrected chi connectivity index (χ0v) is 65.9. The minimum absolute atomic E-state index is 0.00205. The van der Waals surface area contributed by atoms with Gasteiger partial charge in [-0.1, -0.05) is 379 Å². The van der Waals surface area contributed by atoms with Crippen molar-refractivity contribution >= 4 is 76.8 Å². The summed E-state index contributed by atoms with van der Waals surface area (Å²) in [4.78, 5) is 0. The summed E-state index contributed by atoms with van der Waals surface area (Å²) < 4.78 is 0. The molecule has 0 N–H and O–H groups in total. The lowest BCUT2D eigenvalue weighted by molar-refractivity contribution is 0.660. The average molecular weight is 1460 g/mol. The van der Waals surface area contributed by atoms with E-state index in [1.165, 1.54) is 198 Å². The van der Waals surface area contributed by atoms with Crippen LogP contribution in [0.15, 0.2) is 340 Å². The maximum Gasteiger partial charge on any atom is 0.0991 e. The Morgan fingerprint density at radius 3 is 1.02 bits per heavy atom. The Morgan fingerprint density at radius 2 is 0.553 bits per heavy atom. The summed E-state index contributed by atoms with van der Waals surface area (Å²) in [6.45, 7) is 20.6. The van der Waals surface area contributed by atoms with Crippen LogP contribution in [0.4, 0.5) is 0 Å². The molecule has 0 atom stereocenters. The maximum absolute atomic E-state index is 9.35. The molecule has 0 bridgehead atoms. The van der Waals surface area contributed by atoms with Gasteiger partial charge in [0, 0.05) is 27.4 Å². The third-order valence-electron chi connectivity index (χ3n) is 24.8. The first kappa shape index (κ1) is 70.7. The van der Waals surface area contributed by atoms with E-state index in [0.29, 0.717) is 5.56 Å². The van der Waals surface area contributed by atoms with Crippen LogP contribution in [0.25, 0.3) is 155 Å². The first-order valence-corrected chi connectivity index (χ1v) is 39.9. The summed E-state index contributed by atoms with van der Waals surface area (Å²) in [6, 6.07) is 126. The number of nitrogens with zero attached hydrogens (tertiary/aromatic N) is 1. The summed E-state index contributed by atoms with van der Waals surface area (Å²) in [7, 11) is 0. The van der Waals surface area contributed by atoms with Crippen LogP contribution in [0.2, 0.25) is 0 Å². The van der Waals surface area contributed by atoms with Crippen molar-refractivity contribution in [2.24, 2.45) is 0 Å². The van der Waals surface area contributed by atoms with Gasteiger partial charge in [-0.15, -0.1) is 0 Å². The summed E-state index contributed by atoms with van der Waals surface area (Å²) in [5, 5.41) is 24.4. The SMILES string of the molecule is Cc1ccc2c(-c3ccc(C#N)cc3)c3ccccc3c(-c3ccc4c(c3)-c3ccccc3C4(C)C)c2c1.Cc1ccc2c(/C=C/c3ccccc3)c3ccccc3c(-c3ccc4c(c3)-c3ccccc3C4(C)C)c2c1.Cc1ccc2c(C#Cc3ccccc3)c3ccccc3c(-c3ccc4c(c3)-c3ccccc3C4(C)C)c2c1. The number of benzene rings is 18. The minimum Gasteiger partial charge on any atom is -0.192 e. The minimum atomic E-state index is -0.00930. The van der Waals surface area contributed by atoms with E-state index in [4.69, 9.17) is 0 Å². The van der Waals surface area contributed by atoms with Crippen LogP contribution in [-0.2, 0) is 16.2 Å². The van der Waals surface area contributed by atoms with Crippen molar-refractivity contribution in [1.29, 1.82) is 5.26 Å². The Labute approximate surface area is 669 Å². The third-order valence-corrected chi connectivity index (χ3v) is 24.8. The Kier molecular flexibility index (Phi) is 17.3. The molecule has 3 aliphatic carbocycles. The van der Waals surface area contributed by atoms with Crippen molar-refractivity contribution in [1.82, 2.24) is 0 Å². The van der Waals surface area contributed by atoms with E-state index in [1.807, 2.05) is 30.3 Å². The highest BCUT2D eigenvalue weighted by molar-refractivity contribution is 6.23. The molecular formula is C113H85N. The fourth-order valence-corrected chi connectivity index (χ4v) is 19.2. The molecule has 542 valence electrons. The lowest BCUT2D eigenvalue weighted by atomic mass is 9.81. The zero-order chi connectivity index (χ0) is 77.7. The van der Waals surface area contributed by atoms with Crippen molar-refractivity contribution in [2.75, 3.05) is 0 Å². The van der Waals surface area contributed by atoms with Crippen LogP contribution in [0.1, 0.15) is 119 Å². The van der Waals surface area contributed by atoms with Crippen LogP contribution in [0, 0.1) is 43.9 Å². The molecule has 0 amide bonds. The lowest BCUT2D eigenvalue weighted by Crippen LogP contribution is -2.14. The van der Waals surface area contributed by atoms with E-state index < -0.39 is 0 Å². The number of rotatable bonds is 6. The van der Waals surface area contributed by atoms with Crippen molar-refractivity contribution in [3.8, 4) is 95.8 Å². The molecule has 18 aromatic rings. The van der Waals surface area contributed by atoms with Crippen molar-refractivity contribution in [3.63, 3.8) is 0 Å². The molecule has 0 heterocycles. The van der Waals surface area contributed by atoms with E-state index in [-0.39, 0.29) is 16.2 Å². The van der Waals surface area contributed by atoms with E-state index in [9.17, 15) is 5.26 Å². The summed E-state index contributed by atoms with van der Waals surface area (Å²) in [5.41, 5.74) is 35.6. The molecule has 0 aromatic heterocycles. The second-order valence-corrected chi connectivity index (χ2v) is 32.9. The van der Waals surface area contributed by atoms with Crippen LogP contribution < -0.4 is 0 Å². The second-order valence-electron chi connectivity index (χ2n) is 32.9. The Morgan fingerprint density at radius 1 is 0.237 bits per heavy atom. The van der Waals surface area contributed by atoms with Gasteiger partial charge in [-0.05, 0) is 250 Å². The molecule has 1 nitrogen and oxygen atoms in total. The Bertz CT molecular complexity index is 7140. The Hall–Kier alpha value is -13.7. The lowest BCUT2D eigenvalue weighted by Gasteiger charge is -2.22. The van der Waals surface area contributed by atoms with Crippen LogP contribution in [0.3, 0.4) is 0 Å². The van der Waals surface area contributed by atoms with E-state index >= 15 is 0 Å². The molecule has 0 saturated heterocycles. The van der Waals surface area contributed by atoms with Gasteiger partial charge in [0.1, 0.15) is 0 Å². The summed E-state index contributed by atoms with van der Waals surface area (Å²) in [5.74, 6) is 6.98. The number of nitriles is 1. The van der Waals surface area contributed by atoms with E-state index in [0.717, 1.165) is 16.7 Å². The fourth-order valence-electron chi connectivity index (χ4n) is 19.2. The van der Waals surface area contributed by atoms with Gasteiger partial charge in [0.15, 0.2) is 0 Å². The van der Waals surface area contributed by atoms with Gasteiger partial charge in [0.2, 0.25) is 0 Å². The van der Waals surface area contributed by atoms with Gasteiger partial charge in [-0.2, -0.15) is 5.26 Å². The van der Waals surface area contributed by atoms with Crippen LogP contribution >= 0.6 is 0 Å². The van der Waals surface area contributed by atoms with Crippen molar-refractivity contribution in [2.45, 2.75) is 78.6 Å². The highest BCUT2D eigenvalue weighted by Gasteiger charge is 2.38. The molecule has 0 fully saturated rings. The molecule has 3 aliphatic rings. The van der Waals surface area contributed by atoms with Gasteiger partial charge < -0.3 is 0 Å². The van der Waals surface area contributed by atoms with E-state index in [2.05, 4.69) is 402 Å². The molecule has 21 rings (SSSR count). The van der Waals surface area contributed by atoms with Gasteiger partial charge >= 0.3 is 0 Å². The fraction of sp³-hybridized carbons (Fsp3) is 0.106. The van der Waals surface area contributed by atoms with Crippen molar-refractivity contribution < 1.29 is 0 Å². The predicted molar refractivity (Wildman–Crippen MR) is 486 cm³/mol. The topological polar surface area (TPSA) is 23.8 Å². The first-order chi connectivity index (χ1) is 55.5. The zero-order valence-electron chi connectivity index (χ0n) is 65.9. The van der Waals surface area contributed by atoms with Gasteiger partial charge in [-0.25, -0.2) is 0 Å². The van der Waals surface area contributed by atoms with Crippen LogP contribution in [0.5, 0.6) is 0 Å². The molecule has 0 spiro atoms. The third kappa shape index (κ3) is 11.8. The number of hydrogen-bond donors (Lipinski definition) is 0. The van der Waals surface area contributed by atoms with Gasteiger partial charge in [0.25, 0.3) is 0 Å². The molecule has 114 heavy (non-hydrogen) atoms.